The Bertz CT molecular complexity index is 814. The molecule has 0 saturated carbocycles. The van der Waals surface area contributed by atoms with E-state index in [0.29, 0.717) is 22.2 Å². The second kappa shape index (κ2) is 4.00. The molecule has 1 aromatic carbocycles. The van der Waals surface area contributed by atoms with E-state index in [-0.39, 0.29) is 10.4 Å². The van der Waals surface area contributed by atoms with Gasteiger partial charge in [-0.05, 0) is 28.9 Å². The highest BCUT2D eigenvalue weighted by Gasteiger charge is 2.48. The molecule has 0 spiro atoms. The van der Waals surface area contributed by atoms with E-state index < -0.39 is 11.2 Å². The van der Waals surface area contributed by atoms with Gasteiger partial charge >= 0.3 is 0 Å². The van der Waals surface area contributed by atoms with Crippen molar-refractivity contribution in [3.63, 3.8) is 0 Å². The van der Waals surface area contributed by atoms with E-state index in [2.05, 4.69) is 27.0 Å². The minimum atomic E-state index is -1.28. The number of rotatable bonds is 0. The summed E-state index contributed by atoms with van der Waals surface area (Å²) in [5, 5.41) is 10.0. The molecule has 1 aromatic heterocycles. The summed E-state index contributed by atoms with van der Waals surface area (Å²) in [7, 11) is 1.61. The average Bonchev–Trinajstić information content (AvgIpc) is 2.63. The van der Waals surface area contributed by atoms with Crippen molar-refractivity contribution in [1.82, 2.24) is 4.98 Å². The van der Waals surface area contributed by atoms with E-state index in [1.807, 2.05) is 0 Å². The predicted octanol–water partition coefficient (Wildman–Crippen LogP) is 2.89. The summed E-state index contributed by atoms with van der Waals surface area (Å²) < 4.78 is 13.9. The second-order valence-electron chi connectivity index (χ2n) is 4.90. The molecule has 2 aromatic rings. The van der Waals surface area contributed by atoms with Crippen LogP contribution in [0.2, 0.25) is 0 Å². The number of halogens is 2. The number of likely N-dealkylation sites (N-methyl/N-ethyl adjacent to an activating group) is 1. The minimum absolute atomic E-state index is 0.280. The number of nitrogens with zero attached hydrogens (tertiary/aromatic N) is 3. The lowest BCUT2D eigenvalue weighted by molar-refractivity contribution is -0.120. The van der Waals surface area contributed by atoms with Gasteiger partial charge in [0.15, 0.2) is 5.41 Å². The molecule has 4 nitrogen and oxygen atoms in total. The van der Waals surface area contributed by atoms with E-state index in [1.165, 1.54) is 17.2 Å². The molecule has 0 bridgehead atoms. The summed E-state index contributed by atoms with van der Waals surface area (Å²) in [4.78, 5) is 17.9. The molecule has 0 fully saturated rings. The lowest BCUT2D eigenvalue weighted by Crippen LogP contribution is -2.34. The van der Waals surface area contributed by atoms with Crippen LogP contribution in [0.15, 0.2) is 22.8 Å². The topological polar surface area (TPSA) is 57.0 Å². The summed E-state index contributed by atoms with van der Waals surface area (Å²) in [5.74, 6) is -0.731. The normalized spacial score (nSPS) is 21.1. The van der Waals surface area contributed by atoms with Crippen LogP contribution in [0.25, 0.3) is 10.9 Å². The molecule has 1 unspecified atom stereocenters. The fraction of sp³-hybridized carbons (Fsp3) is 0.214. The van der Waals surface area contributed by atoms with Crippen molar-refractivity contribution in [1.29, 1.82) is 5.26 Å². The zero-order chi connectivity index (χ0) is 14.7. The van der Waals surface area contributed by atoms with Gasteiger partial charge in [0.2, 0.25) is 0 Å². The Morgan fingerprint density at radius 3 is 2.85 bits per heavy atom. The van der Waals surface area contributed by atoms with Crippen molar-refractivity contribution in [2.75, 3.05) is 11.9 Å². The van der Waals surface area contributed by atoms with Crippen LogP contribution in [-0.2, 0) is 10.2 Å². The first kappa shape index (κ1) is 13.0. The highest BCUT2D eigenvalue weighted by Crippen LogP contribution is 2.44. The van der Waals surface area contributed by atoms with Gasteiger partial charge in [0.1, 0.15) is 5.82 Å². The van der Waals surface area contributed by atoms with Gasteiger partial charge in [-0.1, -0.05) is 0 Å². The molecule has 0 N–H and O–H groups in total. The molecule has 1 atom stereocenters. The molecule has 1 aliphatic rings. The van der Waals surface area contributed by atoms with Gasteiger partial charge in [-0.25, -0.2) is 4.39 Å². The number of aromatic nitrogens is 1. The smallest absolute Gasteiger partial charge is 0.251 e. The minimum Gasteiger partial charge on any atom is -0.312 e. The number of nitriles is 1. The summed E-state index contributed by atoms with van der Waals surface area (Å²) in [5.41, 5.74) is 0.319. The van der Waals surface area contributed by atoms with Gasteiger partial charge in [0.05, 0.1) is 27.9 Å². The van der Waals surface area contributed by atoms with Crippen LogP contribution >= 0.6 is 15.9 Å². The number of hydrogen-bond acceptors (Lipinski definition) is 3. The number of anilines is 1. The largest absolute Gasteiger partial charge is 0.312 e. The Morgan fingerprint density at radius 1 is 1.50 bits per heavy atom. The summed E-state index contributed by atoms with van der Waals surface area (Å²) in [6.07, 6.45) is 1.51. The third kappa shape index (κ3) is 1.44. The summed E-state index contributed by atoms with van der Waals surface area (Å²) >= 11 is 3.13. The van der Waals surface area contributed by atoms with E-state index in [1.54, 1.807) is 20.0 Å². The van der Waals surface area contributed by atoms with Crippen LogP contribution in [0.5, 0.6) is 0 Å². The Morgan fingerprint density at radius 2 is 2.20 bits per heavy atom. The van der Waals surface area contributed by atoms with E-state index in [9.17, 15) is 14.4 Å². The maximum atomic E-state index is 13.6. The SMILES string of the molecule is CN1C(=O)C(C)(C#N)c2c1cnc1cc(F)c(Br)cc21. The molecule has 2 heterocycles. The van der Waals surface area contributed by atoms with Gasteiger partial charge in [0.25, 0.3) is 5.91 Å². The lowest BCUT2D eigenvalue weighted by atomic mass is 9.83. The fourth-order valence-electron chi connectivity index (χ4n) is 2.61. The molecule has 1 amide bonds. The summed E-state index contributed by atoms with van der Waals surface area (Å²) in [6, 6.07) is 4.93. The zero-order valence-electron chi connectivity index (χ0n) is 10.7. The van der Waals surface area contributed by atoms with Crippen molar-refractivity contribution in [2.45, 2.75) is 12.3 Å². The van der Waals surface area contributed by atoms with Crippen LogP contribution < -0.4 is 4.90 Å². The van der Waals surface area contributed by atoms with Crippen molar-refractivity contribution >= 4 is 38.4 Å². The maximum Gasteiger partial charge on any atom is 0.251 e. The zero-order valence-corrected chi connectivity index (χ0v) is 12.3. The molecule has 0 saturated heterocycles. The quantitative estimate of drug-likeness (QED) is 0.744. The molecule has 3 rings (SSSR count). The molecule has 0 aliphatic carbocycles. The average molecular weight is 334 g/mol. The summed E-state index contributed by atoms with van der Waals surface area (Å²) in [6.45, 7) is 1.58. The number of pyridine rings is 1. The van der Waals surface area contributed by atoms with Crippen molar-refractivity contribution in [3.8, 4) is 6.07 Å². The van der Waals surface area contributed by atoms with Crippen LogP contribution in [0.4, 0.5) is 10.1 Å². The Balaban J connectivity index is 2.49. The highest BCUT2D eigenvalue weighted by molar-refractivity contribution is 9.10. The van der Waals surface area contributed by atoms with Crippen LogP contribution in [0, 0.1) is 17.1 Å². The number of hydrogen-bond donors (Lipinski definition) is 0. The number of carbonyl (C=O) groups excluding carboxylic acids is 1. The number of benzene rings is 1. The Labute approximate surface area is 122 Å². The van der Waals surface area contributed by atoms with Crippen molar-refractivity contribution in [3.05, 3.63) is 34.2 Å². The Hall–Kier alpha value is -2.00. The number of amides is 1. The molecule has 20 heavy (non-hydrogen) atoms. The van der Waals surface area contributed by atoms with Crippen LogP contribution in [-0.4, -0.2) is 17.9 Å². The molecular formula is C14H9BrFN3O. The molecule has 6 heteroatoms. The van der Waals surface area contributed by atoms with E-state index in [4.69, 9.17) is 0 Å². The first-order valence-electron chi connectivity index (χ1n) is 5.88. The van der Waals surface area contributed by atoms with E-state index in [0.717, 1.165) is 0 Å². The Kier molecular flexibility index (Phi) is 2.60. The number of fused-ring (bicyclic) bond motifs is 3. The first-order chi connectivity index (χ1) is 9.40. The highest BCUT2D eigenvalue weighted by atomic mass is 79.9. The van der Waals surface area contributed by atoms with Crippen LogP contribution in [0.1, 0.15) is 12.5 Å². The van der Waals surface area contributed by atoms with Crippen LogP contribution in [0.3, 0.4) is 0 Å². The molecule has 1 aliphatic heterocycles. The van der Waals surface area contributed by atoms with Gasteiger partial charge < -0.3 is 4.90 Å². The maximum absolute atomic E-state index is 13.6. The standard InChI is InChI=1S/C14H9BrFN3O/c1-14(6-17)12-7-3-8(15)9(16)4-10(7)18-5-11(12)19(2)13(14)20/h3-5H,1-2H3. The van der Waals surface area contributed by atoms with E-state index >= 15 is 0 Å². The van der Waals surface area contributed by atoms with Gasteiger partial charge in [-0.15, -0.1) is 0 Å². The molecule has 0 radical (unpaired) electrons. The van der Waals surface area contributed by atoms with Crippen molar-refractivity contribution < 1.29 is 9.18 Å². The van der Waals surface area contributed by atoms with Gasteiger partial charge in [-0.2, -0.15) is 5.26 Å². The van der Waals surface area contributed by atoms with Gasteiger partial charge in [0, 0.05) is 24.1 Å². The number of carbonyl (C=O) groups is 1. The van der Waals surface area contributed by atoms with Crippen molar-refractivity contribution in [2.24, 2.45) is 0 Å². The predicted molar refractivity (Wildman–Crippen MR) is 75.8 cm³/mol. The molecular weight excluding hydrogens is 325 g/mol. The second-order valence-corrected chi connectivity index (χ2v) is 5.76. The monoisotopic (exact) mass is 333 g/mol. The third-order valence-corrected chi connectivity index (χ3v) is 4.32. The first-order valence-corrected chi connectivity index (χ1v) is 6.67. The molecule has 100 valence electrons. The van der Waals surface area contributed by atoms with Gasteiger partial charge in [-0.3, -0.25) is 9.78 Å². The lowest BCUT2D eigenvalue weighted by Gasteiger charge is -2.14. The fourth-order valence-corrected chi connectivity index (χ4v) is 2.96. The third-order valence-electron chi connectivity index (χ3n) is 3.71.